The van der Waals surface area contributed by atoms with Gasteiger partial charge in [0.1, 0.15) is 0 Å². The second kappa shape index (κ2) is 12.3. The fraction of sp³-hybridized carbons (Fsp3) is 0.429. The fourth-order valence-electron chi connectivity index (χ4n) is 2.98. The van der Waals surface area contributed by atoms with Crippen molar-refractivity contribution in [3.05, 3.63) is 71.8 Å². The van der Waals surface area contributed by atoms with Crippen molar-refractivity contribution in [2.45, 2.75) is 19.5 Å². The van der Waals surface area contributed by atoms with Crippen molar-refractivity contribution in [3.63, 3.8) is 0 Å². The Labute approximate surface area is 162 Å². The Balaban J connectivity index is 1.81. The molecule has 0 fully saturated rings. The summed E-state index contributed by atoms with van der Waals surface area (Å²) < 4.78 is 0. The fourth-order valence-corrected chi connectivity index (χ4v) is 3.46. The molecule has 0 saturated heterocycles. The molecule has 2 aromatic rings. The van der Waals surface area contributed by atoms with Gasteiger partial charge in [0.2, 0.25) is 0 Å². The van der Waals surface area contributed by atoms with E-state index in [0.717, 1.165) is 45.7 Å². The van der Waals surface area contributed by atoms with Gasteiger partial charge in [0.05, 0.1) is 0 Å². The Kier molecular flexibility index (Phi) is 9.98. The maximum Gasteiger partial charge on any atom is 0.0351 e. The van der Waals surface area contributed by atoms with Crippen LogP contribution in [0.3, 0.4) is 0 Å². The molecule has 0 N–H and O–H groups in total. The lowest BCUT2D eigenvalue weighted by Crippen LogP contribution is -2.31. The molecule has 0 heterocycles. The highest BCUT2D eigenvalue weighted by molar-refractivity contribution is 6.18. The van der Waals surface area contributed by atoms with Gasteiger partial charge >= 0.3 is 0 Å². The van der Waals surface area contributed by atoms with E-state index in [1.54, 1.807) is 0 Å². The van der Waals surface area contributed by atoms with E-state index in [9.17, 15) is 0 Å². The average molecular weight is 379 g/mol. The molecule has 0 aromatic heterocycles. The van der Waals surface area contributed by atoms with Gasteiger partial charge in [-0.25, -0.2) is 0 Å². The van der Waals surface area contributed by atoms with Gasteiger partial charge in [0.25, 0.3) is 0 Å². The van der Waals surface area contributed by atoms with Gasteiger partial charge in [-0.2, -0.15) is 0 Å². The van der Waals surface area contributed by atoms with Crippen molar-refractivity contribution >= 4 is 23.2 Å². The molecule has 2 aromatic carbocycles. The maximum absolute atomic E-state index is 5.99. The number of hydrogen-bond donors (Lipinski definition) is 0. The van der Waals surface area contributed by atoms with E-state index < -0.39 is 0 Å². The SMILES string of the molecule is ClCCN(CCCN(CCCl)Cc1ccccc1)Cc1ccccc1. The molecule has 0 aliphatic carbocycles. The molecular formula is C21H28Cl2N2. The summed E-state index contributed by atoms with van der Waals surface area (Å²) in [7, 11) is 0. The molecule has 0 saturated carbocycles. The van der Waals surface area contributed by atoms with Crippen LogP contribution in [0.5, 0.6) is 0 Å². The Morgan fingerprint density at radius 3 is 1.32 bits per heavy atom. The van der Waals surface area contributed by atoms with Crippen LogP contribution < -0.4 is 0 Å². The monoisotopic (exact) mass is 378 g/mol. The molecule has 0 aliphatic rings. The lowest BCUT2D eigenvalue weighted by atomic mass is 10.2. The van der Waals surface area contributed by atoms with Crippen molar-refractivity contribution in [2.24, 2.45) is 0 Å². The summed E-state index contributed by atoms with van der Waals surface area (Å²) in [6, 6.07) is 21.2. The molecule has 0 aliphatic heterocycles. The van der Waals surface area contributed by atoms with Crippen molar-refractivity contribution < 1.29 is 0 Å². The molecule has 136 valence electrons. The third kappa shape index (κ3) is 8.24. The van der Waals surface area contributed by atoms with Crippen molar-refractivity contribution in [2.75, 3.05) is 37.9 Å². The van der Waals surface area contributed by atoms with Gasteiger partial charge in [-0.15, -0.1) is 23.2 Å². The van der Waals surface area contributed by atoms with E-state index >= 15 is 0 Å². The van der Waals surface area contributed by atoms with Gasteiger partial charge in [-0.1, -0.05) is 60.7 Å². The summed E-state index contributed by atoms with van der Waals surface area (Å²) >= 11 is 12.0. The highest BCUT2D eigenvalue weighted by Gasteiger charge is 2.09. The quantitative estimate of drug-likeness (QED) is 0.486. The highest BCUT2D eigenvalue weighted by atomic mass is 35.5. The van der Waals surface area contributed by atoms with Gasteiger partial charge in [-0.3, -0.25) is 9.80 Å². The molecule has 0 amide bonds. The first-order valence-electron chi connectivity index (χ1n) is 8.96. The predicted molar refractivity (Wildman–Crippen MR) is 109 cm³/mol. The molecule has 0 atom stereocenters. The minimum absolute atomic E-state index is 0.669. The van der Waals surface area contributed by atoms with Gasteiger partial charge in [0, 0.05) is 37.9 Å². The van der Waals surface area contributed by atoms with E-state index in [-0.39, 0.29) is 0 Å². The number of nitrogens with zero attached hydrogens (tertiary/aromatic N) is 2. The molecular weight excluding hydrogens is 351 g/mol. The van der Waals surface area contributed by atoms with Crippen molar-refractivity contribution in [3.8, 4) is 0 Å². The Morgan fingerprint density at radius 1 is 0.560 bits per heavy atom. The van der Waals surface area contributed by atoms with E-state index in [1.807, 2.05) is 0 Å². The topological polar surface area (TPSA) is 6.48 Å². The summed E-state index contributed by atoms with van der Waals surface area (Å²) in [6.45, 7) is 5.86. The molecule has 2 nitrogen and oxygen atoms in total. The summed E-state index contributed by atoms with van der Waals surface area (Å²) in [6.07, 6.45) is 1.12. The zero-order valence-corrected chi connectivity index (χ0v) is 16.3. The Morgan fingerprint density at radius 2 is 0.960 bits per heavy atom. The minimum Gasteiger partial charge on any atom is -0.298 e. The zero-order valence-electron chi connectivity index (χ0n) is 14.8. The van der Waals surface area contributed by atoms with Crippen molar-refractivity contribution in [1.29, 1.82) is 0 Å². The van der Waals surface area contributed by atoms with Crippen LogP contribution in [-0.4, -0.2) is 47.7 Å². The maximum atomic E-state index is 5.99. The Bertz CT molecular complexity index is 511. The summed E-state index contributed by atoms with van der Waals surface area (Å²) in [5.41, 5.74) is 2.68. The van der Waals surface area contributed by atoms with Crippen LogP contribution in [0, 0.1) is 0 Å². The second-order valence-corrected chi connectivity index (χ2v) is 7.01. The first-order chi connectivity index (χ1) is 12.3. The van der Waals surface area contributed by atoms with Crippen LogP contribution in [-0.2, 0) is 13.1 Å². The number of benzene rings is 2. The highest BCUT2D eigenvalue weighted by Crippen LogP contribution is 2.08. The zero-order chi connectivity index (χ0) is 17.7. The Hall–Kier alpha value is -1.06. The van der Waals surface area contributed by atoms with Crippen LogP contribution >= 0.6 is 23.2 Å². The molecule has 4 heteroatoms. The van der Waals surface area contributed by atoms with Crippen molar-refractivity contribution in [1.82, 2.24) is 9.80 Å². The second-order valence-electron chi connectivity index (χ2n) is 6.26. The first-order valence-corrected chi connectivity index (χ1v) is 10.0. The summed E-state index contributed by atoms with van der Waals surface area (Å²) in [5, 5.41) is 0. The average Bonchev–Trinajstić information content (AvgIpc) is 2.64. The molecule has 0 spiro atoms. The first kappa shape index (κ1) is 20.3. The van der Waals surface area contributed by atoms with Crippen LogP contribution in [0.4, 0.5) is 0 Å². The molecule has 0 radical (unpaired) electrons. The molecule has 25 heavy (non-hydrogen) atoms. The minimum atomic E-state index is 0.669. The molecule has 0 bridgehead atoms. The largest absolute Gasteiger partial charge is 0.298 e. The van der Waals surface area contributed by atoms with E-state index in [4.69, 9.17) is 23.2 Å². The van der Waals surface area contributed by atoms with Crippen LogP contribution in [0.15, 0.2) is 60.7 Å². The standard InChI is InChI=1S/C21H28Cl2N2/c22-12-16-24(18-20-8-3-1-4-9-20)14-7-15-25(17-13-23)19-21-10-5-2-6-11-21/h1-6,8-11H,7,12-19H2. The smallest absolute Gasteiger partial charge is 0.0351 e. The van der Waals surface area contributed by atoms with E-state index in [2.05, 4.69) is 70.5 Å². The number of halogens is 2. The van der Waals surface area contributed by atoms with Crippen LogP contribution in [0.2, 0.25) is 0 Å². The molecule has 2 rings (SSSR count). The number of hydrogen-bond acceptors (Lipinski definition) is 2. The van der Waals surface area contributed by atoms with Gasteiger partial charge in [0.15, 0.2) is 0 Å². The normalized spacial score (nSPS) is 11.4. The lowest BCUT2D eigenvalue weighted by Gasteiger charge is -2.25. The van der Waals surface area contributed by atoms with E-state index in [1.165, 1.54) is 11.1 Å². The number of alkyl halides is 2. The third-order valence-corrected chi connectivity index (χ3v) is 4.59. The number of rotatable bonds is 12. The van der Waals surface area contributed by atoms with Crippen LogP contribution in [0.1, 0.15) is 17.5 Å². The third-order valence-electron chi connectivity index (χ3n) is 4.25. The van der Waals surface area contributed by atoms with E-state index in [0.29, 0.717) is 11.8 Å². The van der Waals surface area contributed by atoms with Crippen LogP contribution in [0.25, 0.3) is 0 Å². The summed E-state index contributed by atoms with van der Waals surface area (Å²) in [5.74, 6) is 1.34. The van der Waals surface area contributed by atoms with Gasteiger partial charge in [-0.05, 0) is 30.6 Å². The molecule has 0 unspecified atom stereocenters. The van der Waals surface area contributed by atoms with Gasteiger partial charge < -0.3 is 0 Å². The predicted octanol–water partition coefficient (Wildman–Crippen LogP) is 4.86. The lowest BCUT2D eigenvalue weighted by molar-refractivity contribution is 0.230. The summed E-state index contributed by atoms with van der Waals surface area (Å²) in [4.78, 5) is 4.87.